The molecule has 19 heavy (non-hydrogen) atoms. The first-order valence-corrected chi connectivity index (χ1v) is 6.04. The van der Waals surface area contributed by atoms with Crippen LogP contribution >= 0.6 is 0 Å². The summed E-state index contributed by atoms with van der Waals surface area (Å²) in [5.74, 6) is 0.652. The number of hydrogen-bond donors (Lipinski definition) is 1. The van der Waals surface area contributed by atoms with Crippen molar-refractivity contribution in [3.05, 3.63) is 42.5 Å². The summed E-state index contributed by atoms with van der Waals surface area (Å²) < 4.78 is 10.1. The molecule has 4 heteroatoms. The van der Waals surface area contributed by atoms with E-state index in [2.05, 4.69) is 6.58 Å². The number of ketones is 1. The molecule has 1 aromatic carbocycles. The van der Waals surface area contributed by atoms with Gasteiger partial charge in [0.15, 0.2) is 18.9 Å². The van der Waals surface area contributed by atoms with Crippen LogP contribution in [0.2, 0.25) is 0 Å². The van der Waals surface area contributed by atoms with Gasteiger partial charge in [0.2, 0.25) is 0 Å². The zero-order chi connectivity index (χ0) is 14.5. The number of ether oxygens (including phenoxy) is 2. The second-order valence-electron chi connectivity index (χ2n) is 5.16. The van der Waals surface area contributed by atoms with E-state index < -0.39 is 11.7 Å². The average molecular weight is 264 g/mol. The fourth-order valence-corrected chi connectivity index (χ4v) is 1.38. The van der Waals surface area contributed by atoms with Crippen molar-refractivity contribution < 1.29 is 19.4 Å². The molecule has 1 rings (SSSR count). The van der Waals surface area contributed by atoms with Crippen molar-refractivity contribution in [2.24, 2.45) is 5.41 Å². The van der Waals surface area contributed by atoms with Gasteiger partial charge in [-0.15, -0.1) is 0 Å². The molecule has 1 aromatic rings. The smallest absolute Gasteiger partial charge is 0.192 e. The molecule has 4 nitrogen and oxygen atoms in total. The zero-order valence-electron chi connectivity index (χ0n) is 11.6. The number of aliphatic hydroxyl groups is 1. The van der Waals surface area contributed by atoms with Gasteiger partial charge in [-0.1, -0.05) is 27.4 Å². The number of carbonyl (C=O) groups is 1. The van der Waals surface area contributed by atoms with Crippen LogP contribution in [-0.2, 0) is 4.74 Å². The Morgan fingerprint density at radius 3 is 2.42 bits per heavy atom. The highest BCUT2D eigenvalue weighted by molar-refractivity contribution is 5.99. The van der Waals surface area contributed by atoms with Gasteiger partial charge in [-0.25, -0.2) is 0 Å². The normalized spacial score (nSPS) is 12.8. The molecule has 104 valence electrons. The van der Waals surface area contributed by atoms with Gasteiger partial charge in [0.25, 0.3) is 0 Å². The highest BCUT2D eigenvalue weighted by atomic mass is 16.7. The van der Waals surface area contributed by atoms with Crippen LogP contribution < -0.4 is 4.74 Å². The third-order valence-corrected chi connectivity index (χ3v) is 2.46. The molecule has 0 radical (unpaired) electrons. The summed E-state index contributed by atoms with van der Waals surface area (Å²) in [6.07, 6.45) is 0.218. The number of Topliss-reactive ketones (excluding diaryl/α,β-unsaturated/α-hetero) is 1. The molecule has 0 saturated heterocycles. The van der Waals surface area contributed by atoms with Crippen molar-refractivity contribution in [1.82, 2.24) is 0 Å². The van der Waals surface area contributed by atoms with Crippen LogP contribution in [-0.4, -0.2) is 24.0 Å². The molecule has 0 aliphatic rings. The molecule has 0 amide bonds. The maximum atomic E-state index is 12.0. The van der Waals surface area contributed by atoms with Crippen molar-refractivity contribution in [1.29, 1.82) is 0 Å². The van der Waals surface area contributed by atoms with E-state index in [1.165, 1.54) is 6.08 Å². The maximum absolute atomic E-state index is 12.0. The lowest BCUT2D eigenvalue weighted by molar-refractivity contribution is -0.114. The lowest BCUT2D eigenvalue weighted by Gasteiger charge is -2.16. The third kappa shape index (κ3) is 4.85. The first kappa shape index (κ1) is 15.4. The molecule has 0 heterocycles. The molecular weight excluding hydrogens is 244 g/mol. The van der Waals surface area contributed by atoms with Crippen LogP contribution in [0.1, 0.15) is 31.1 Å². The Hall–Kier alpha value is -1.65. The van der Waals surface area contributed by atoms with Crippen LogP contribution in [0.25, 0.3) is 0 Å². The standard InChI is InChI=1S/C15H20O4/c1-5-13(16)19-10-18-12-8-6-11(7-9-12)14(17)15(2,3)4/h5-9,13,16H,1,10H2,2-4H3. The Morgan fingerprint density at radius 2 is 1.95 bits per heavy atom. The van der Waals surface area contributed by atoms with Crippen molar-refractivity contribution in [3.8, 4) is 5.75 Å². The minimum Gasteiger partial charge on any atom is -0.467 e. The largest absolute Gasteiger partial charge is 0.467 e. The van der Waals surface area contributed by atoms with E-state index in [4.69, 9.17) is 14.6 Å². The van der Waals surface area contributed by atoms with Gasteiger partial charge in [0, 0.05) is 11.0 Å². The quantitative estimate of drug-likeness (QED) is 0.487. The van der Waals surface area contributed by atoms with Gasteiger partial charge in [-0.05, 0) is 30.3 Å². The van der Waals surface area contributed by atoms with E-state index in [1.807, 2.05) is 20.8 Å². The highest BCUT2D eigenvalue weighted by Gasteiger charge is 2.22. The number of carbonyl (C=O) groups excluding carboxylic acids is 1. The first-order valence-electron chi connectivity index (χ1n) is 6.04. The van der Waals surface area contributed by atoms with E-state index in [-0.39, 0.29) is 12.6 Å². The lowest BCUT2D eigenvalue weighted by atomic mass is 9.86. The van der Waals surface area contributed by atoms with Crippen molar-refractivity contribution >= 4 is 5.78 Å². The summed E-state index contributed by atoms with van der Waals surface area (Å²) in [6, 6.07) is 6.82. The number of rotatable bonds is 6. The second-order valence-corrected chi connectivity index (χ2v) is 5.16. The molecule has 0 aromatic heterocycles. The van der Waals surface area contributed by atoms with Gasteiger partial charge in [-0.3, -0.25) is 4.79 Å². The molecule has 0 saturated carbocycles. The van der Waals surface area contributed by atoms with E-state index in [0.717, 1.165) is 0 Å². The van der Waals surface area contributed by atoms with E-state index >= 15 is 0 Å². The minimum absolute atomic E-state index is 0.0809. The van der Waals surface area contributed by atoms with Crippen LogP contribution in [0.15, 0.2) is 36.9 Å². The van der Waals surface area contributed by atoms with Gasteiger partial charge < -0.3 is 14.6 Å². The molecule has 0 aliphatic carbocycles. The van der Waals surface area contributed by atoms with Crippen LogP contribution in [0.5, 0.6) is 5.75 Å². The maximum Gasteiger partial charge on any atom is 0.192 e. The predicted octanol–water partition coefficient (Wildman–Crippen LogP) is 2.77. The van der Waals surface area contributed by atoms with E-state index in [0.29, 0.717) is 11.3 Å². The third-order valence-electron chi connectivity index (χ3n) is 2.46. The molecule has 1 N–H and O–H groups in total. The summed E-state index contributed by atoms with van der Waals surface area (Å²) in [5.41, 5.74) is 0.242. The summed E-state index contributed by atoms with van der Waals surface area (Å²) in [6.45, 7) is 8.93. The molecule has 1 unspecified atom stereocenters. The Morgan fingerprint density at radius 1 is 1.37 bits per heavy atom. The molecule has 0 fully saturated rings. The summed E-state index contributed by atoms with van der Waals surface area (Å²) in [5, 5.41) is 9.08. The molecule has 0 aliphatic heterocycles. The average Bonchev–Trinajstić information content (AvgIpc) is 2.37. The molecule has 0 bridgehead atoms. The second kappa shape index (κ2) is 6.50. The first-order chi connectivity index (χ1) is 8.84. The van der Waals surface area contributed by atoms with Gasteiger partial charge >= 0.3 is 0 Å². The molecule has 1 atom stereocenters. The monoisotopic (exact) mass is 264 g/mol. The minimum atomic E-state index is -1.04. The van der Waals surface area contributed by atoms with Gasteiger partial charge in [-0.2, -0.15) is 0 Å². The molecular formula is C15H20O4. The van der Waals surface area contributed by atoms with Crippen LogP contribution in [0, 0.1) is 5.41 Å². The van der Waals surface area contributed by atoms with Crippen molar-refractivity contribution in [2.75, 3.05) is 6.79 Å². The summed E-state index contributed by atoms with van der Waals surface area (Å²) in [4.78, 5) is 12.0. The summed E-state index contributed by atoms with van der Waals surface area (Å²) >= 11 is 0. The fraction of sp³-hybridized carbons (Fsp3) is 0.400. The predicted molar refractivity (Wildman–Crippen MR) is 73.0 cm³/mol. The zero-order valence-corrected chi connectivity index (χ0v) is 11.6. The van der Waals surface area contributed by atoms with Crippen molar-refractivity contribution in [3.63, 3.8) is 0 Å². The number of aliphatic hydroxyl groups excluding tert-OH is 1. The Kier molecular flexibility index (Phi) is 5.27. The topological polar surface area (TPSA) is 55.8 Å². The number of benzene rings is 1. The van der Waals surface area contributed by atoms with Crippen LogP contribution in [0.3, 0.4) is 0 Å². The van der Waals surface area contributed by atoms with E-state index in [9.17, 15) is 4.79 Å². The van der Waals surface area contributed by atoms with E-state index in [1.54, 1.807) is 24.3 Å². The molecule has 0 spiro atoms. The Bertz CT molecular complexity index is 428. The highest BCUT2D eigenvalue weighted by Crippen LogP contribution is 2.22. The number of hydrogen-bond acceptors (Lipinski definition) is 4. The Labute approximate surface area is 113 Å². The van der Waals surface area contributed by atoms with Gasteiger partial charge in [0.1, 0.15) is 5.75 Å². The van der Waals surface area contributed by atoms with Crippen molar-refractivity contribution in [2.45, 2.75) is 27.1 Å². The lowest BCUT2D eigenvalue weighted by Crippen LogP contribution is -2.20. The SMILES string of the molecule is C=CC(O)OCOc1ccc(C(=O)C(C)(C)C)cc1. The fourth-order valence-electron chi connectivity index (χ4n) is 1.38. The van der Waals surface area contributed by atoms with Gasteiger partial charge in [0.05, 0.1) is 0 Å². The van der Waals surface area contributed by atoms with Crippen LogP contribution in [0.4, 0.5) is 0 Å². The summed E-state index contributed by atoms with van der Waals surface area (Å²) in [7, 11) is 0. The Balaban J connectivity index is 2.57.